The molecule has 4 rings (SSSR count). The van der Waals surface area contributed by atoms with Gasteiger partial charge < -0.3 is 14.2 Å². The van der Waals surface area contributed by atoms with Crippen LogP contribution in [0.2, 0.25) is 0 Å². The van der Waals surface area contributed by atoms with Crippen LogP contribution < -0.4 is 4.74 Å². The molecule has 2 aromatic carbocycles. The predicted octanol–water partition coefficient (Wildman–Crippen LogP) is 4.70. The fourth-order valence-electron chi connectivity index (χ4n) is 4.19. The van der Waals surface area contributed by atoms with Gasteiger partial charge in [0.15, 0.2) is 5.78 Å². The third-order valence-electron chi connectivity index (χ3n) is 5.67. The van der Waals surface area contributed by atoms with Crippen molar-refractivity contribution in [1.29, 1.82) is 0 Å². The van der Waals surface area contributed by atoms with Crippen LogP contribution in [0.15, 0.2) is 54.8 Å². The summed E-state index contributed by atoms with van der Waals surface area (Å²) in [5, 5.41) is 0. The van der Waals surface area contributed by atoms with Gasteiger partial charge in [-0.05, 0) is 31.4 Å². The number of methoxy groups -OCH3 is 1. The van der Waals surface area contributed by atoms with Gasteiger partial charge >= 0.3 is 0 Å². The third kappa shape index (κ3) is 3.83. The molecule has 3 atom stereocenters. The average Bonchev–Trinajstić information content (AvgIpc) is 2.72. The number of allylic oxidation sites excluding steroid dienone is 1. The lowest BCUT2D eigenvalue weighted by atomic mass is 9.77. The molecule has 0 amide bonds. The minimum Gasteiger partial charge on any atom is -0.496 e. The molecule has 0 bridgehead atoms. The first kappa shape index (κ1) is 18.8. The van der Waals surface area contributed by atoms with Gasteiger partial charge in [0.2, 0.25) is 0 Å². The van der Waals surface area contributed by atoms with Crippen molar-refractivity contribution in [2.75, 3.05) is 7.11 Å². The van der Waals surface area contributed by atoms with E-state index in [1.807, 2.05) is 24.3 Å². The van der Waals surface area contributed by atoms with Crippen molar-refractivity contribution < 1.29 is 19.0 Å². The first-order valence-electron chi connectivity index (χ1n) is 9.86. The maximum atomic E-state index is 13.1. The Morgan fingerprint density at radius 1 is 1.11 bits per heavy atom. The summed E-state index contributed by atoms with van der Waals surface area (Å²) in [7, 11) is 1.62. The van der Waals surface area contributed by atoms with Crippen LogP contribution in [0, 0.1) is 12.8 Å². The number of carbonyl (C=O) groups is 1. The number of rotatable bonds is 5. The number of para-hydroxylation sites is 1. The summed E-state index contributed by atoms with van der Waals surface area (Å²) in [6.07, 6.45) is 4.04. The lowest BCUT2D eigenvalue weighted by Gasteiger charge is -2.37. The topological polar surface area (TPSA) is 44.8 Å². The highest BCUT2D eigenvalue weighted by molar-refractivity contribution is 6.22. The van der Waals surface area contributed by atoms with E-state index >= 15 is 0 Å². The predicted molar refractivity (Wildman–Crippen MR) is 108 cm³/mol. The highest BCUT2D eigenvalue weighted by atomic mass is 16.5. The van der Waals surface area contributed by atoms with Gasteiger partial charge in [-0.3, -0.25) is 4.79 Å². The number of ketones is 1. The SMILES string of the molecule is COc1ccccc1C1=COC2CC(OCc3cccc(C)c3)CCC2C1=O. The summed E-state index contributed by atoms with van der Waals surface area (Å²) < 4.78 is 17.5. The minimum atomic E-state index is -0.109. The molecular weight excluding hydrogens is 352 g/mol. The molecule has 2 aromatic rings. The Balaban J connectivity index is 1.42. The van der Waals surface area contributed by atoms with E-state index in [2.05, 4.69) is 31.2 Å². The van der Waals surface area contributed by atoms with Crippen molar-refractivity contribution in [3.8, 4) is 5.75 Å². The highest BCUT2D eigenvalue weighted by Gasteiger charge is 2.41. The van der Waals surface area contributed by atoms with Crippen molar-refractivity contribution in [3.63, 3.8) is 0 Å². The van der Waals surface area contributed by atoms with Crippen LogP contribution in [-0.2, 0) is 20.9 Å². The van der Waals surface area contributed by atoms with Crippen LogP contribution in [-0.4, -0.2) is 25.1 Å². The Labute approximate surface area is 166 Å². The van der Waals surface area contributed by atoms with E-state index in [1.54, 1.807) is 13.4 Å². The molecule has 0 aromatic heterocycles. The summed E-state index contributed by atoms with van der Waals surface area (Å²) in [6, 6.07) is 16.0. The molecule has 1 fully saturated rings. The smallest absolute Gasteiger partial charge is 0.173 e. The van der Waals surface area contributed by atoms with Crippen molar-refractivity contribution in [3.05, 3.63) is 71.5 Å². The van der Waals surface area contributed by atoms with Crippen LogP contribution in [0.5, 0.6) is 5.75 Å². The minimum absolute atomic E-state index is 0.108. The van der Waals surface area contributed by atoms with E-state index in [0.29, 0.717) is 17.9 Å². The molecule has 0 saturated heterocycles. The average molecular weight is 378 g/mol. The van der Waals surface area contributed by atoms with E-state index < -0.39 is 0 Å². The second-order valence-corrected chi connectivity index (χ2v) is 7.61. The maximum absolute atomic E-state index is 13.1. The Morgan fingerprint density at radius 3 is 2.79 bits per heavy atom. The fraction of sp³-hybridized carbons (Fsp3) is 0.375. The summed E-state index contributed by atoms with van der Waals surface area (Å²) >= 11 is 0. The number of ether oxygens (including phenoxy) is 3. The molecule has 0 spiro atoms. The molecule has 146 valence electrons. The van der Waals surface area contributed by atoms with Gasteiger partial charge in [-0.15, -0.1) is 0 Å². The van der Waals surface area contributed by atoms with Gasteiger partial charge in [0, 0.05) is 12.0 Å². The Kier molecular flexibility index (Phi) is 5.49. The highest BCUT2D eigenvalue weighted by Crippen LogP contribution is 2.39. The summed E-state index contributed by atoms with van der Waals surface area (Å²) in [4.78, 5) is 13.1. The molecule has 0 radical (unpaired) electrons. The number of hydrogen-bond acceptors (Lipinski definition) is 4. The van der Waals surface area contributed by atoms with Crippen LogP contribution in [0.4, 0.5) is 0 Å². The molecule has 1 aliphatic heterocycles. The molecule has 28 heavy (non-hydrogen) atoms. The molecule has 4 heteroatoms. The Bertz CT molecular complexity index is 886. The molecule has 1 saturated carbocycles. The third-order valence-corrected chi connectivity index (χ3v) is 5.67. The quantitative estimate of drug-likeness (QED) is 0.757. The number of fused-ring (bicyclic) bond motifs is 1. The van der Waals surface area contributed by atoms with E-state index in [0.717, 1.165) is 24.8 Å². The first-order valence-corrected chi connectivity index (χ1v) is 9.86. The molecule has 3 unspecified atom stereocenters. The van der Waals surface area contributed by atoms with Crippen LogP contribution in [0.25, 0.3) is 5.57 Å². The molecular formula is C24H26O4. The van der Waals surface area contributed by atoms with Gasteiger partial charge in [0.1, 0.15) is 11.9 Å². The van der Waals surface area contributed by atoms with Crippen molar-refractivity contribution >= 4 is 11.4 Å². The lowest BCUT2D eigenvalue weighted by molar-refractivity contribution is -0.128. The molecule has 1 aliphatic carbocycles. The largest absolute Gasteiger partial charge is 0.496 e. The zero-order chi connectivity index (χ0) is 19.5. The van der Waals surface area contributed by atoms with Gasteiger partial charge in [0.25, 0.3) is 0 Å². The monoisotopic (exact) mass is 378 g/mol. The second-order valence-electron chi connectivity index (χ2n) is 7.61. The number of hydrogen-bond donors (Lipinski definition) is 0. The second kappa shape index (κ2) is 8.19. The van der Waals surface area contributed by atoms with Crippen LogP contribution in [0.1, 0.15) is 36.0 Å². The molecule has 1 heterocycles. The zero-order valence-corrected chi connectivity index (χ0v) is 16.4. The fourth-order valence-corrected chi connectivity index (χ4v) is 4.19. The Morgan fingerprint density at radius 2 is 1.96 bits per heavy atom. The first-order chi connectivity index (χ1) is 13.7. The van der Waals surface area contributed by atoms with Gasteiger partial charge in [-0.1, -0.05) is 48.0 Å². The summed E-state index contributed by atoms with van der Waals surface area (Å²) in [5.74, 6) is 0.737. The number of benzene rings is 2. The number of carbonyl (C=O) groups excluding carboxylic acids is 1. The summed E-state index contributed by atoms with van der Waals surface area (Å²) in [5.41, 5.74) is 3.82. The standard InChI is InChI=1S/C24H26O4/c1-16-6-5-7-17(12-16)14-27-18-10-11-20-23(13-18)28-15-21(24(20)25)19-8-3-4-9-22(19)26-2/h3-9,12,15,18,20,23H,10-11,13-14H2,1-2H3. The molecule has 0 N–H and O–H groups in total. The van der Waals surface area contributed by atoms with E-state index in [9.17, 15) is 4.79 Å². The maximum Gasteiger partial charge on any atom is 0.173 e. The van der Waals surface area contributed by atoms with Crippen molar-refractivity contribution in [2.45, 2.75) is 45.0 Å². The molecule has 4 nitrogen and oxygen atoms in total. The summed E-state index contributed by atoms with van der Waals surface area (Å²) in [6.45, 7) is 2.68. The van der Waals surface area contributed by atoms with Gasteiger partial charge in [-0.25, -0.2) is 0 Å². The van der Waals surface area contributed by atoms with Gasteiger partial charge in [0.05, 0.1) is 37.6 Å². The number of aryl methyl sites for hydroxylation is 1. The van der Waals surface area contributed by atoms with E-state index in [4.69, 9.17) is 14.2 Å². The normalized spacial score (nSPS) is 24.1. The Hall–Kier alpha value is -2.59. The molecule has 2 aliphatic rings. The zero-order valence-electron chi connectivity index (χ0n) is 16.4. The lowest BCUT2D eigenvalue weighted by Crippen LogP contribution is -2.41. The van der Waals surface area contributed by atoms with Crippen LogP contribution >= 0.6 is 0 Å². The van der Waals surface area contributed by atoms with Crippen LogP contribution in [0.3, 0.4) is 0 Å². The van der Waals surface area contributed by atoms with E-state index in [-0.39, 0.29) is 23.9 Å². The van der Waals surface area contributed by atoms with Gasteiger partial charge in [-0.2, -0.15) is 0 Å². The number of Topliss-reactive ketones (excluding diaryl/α,β-unsaturated/α-hetero) is 1. The van der Waals surface area contributed by atoms with E-state index in [1.165, 1.54) is 11.1 Å². The van der Waals surface area contributed by atoms with Crippen molar-refractivity contribution in [1.82, 2.24) is 0 Å². The van der Waals surface area contributed by atoms with Crippen molar-refractivity contribution in [2.24, 2.45) is 5.92 Å².